The van der Waals surface area contributed by atoms with Crippen LogP contribution in [0.2, 0.25) is 0 Å². The summed E-state index contributed by atoms with van der Waals surface area (Å²) in [5.41, 5.74) is 2.23. The third-order valence-corrected chi connectivity index (χ3v) is 6.50. The van der Waals surface area contributed by atoms with Gasteiger partial charge >= 0.3 is 0 Å². The van der Waals surface area contributed by atoms with Gasteiger partial charge in [-0.05, 0) is 37.0 Å². The molecule has 4 heterocycles. The van der Waals surface area contributed by atoms with Crippen molar-refractivity contribution in [1.29, 1.82) is 0 Å². The monoisotopic (exact) mass is 410 g/mol. The second-order valence-electron chi connectivity index (χ2n) is 7.67. The summed E-state index contributed by atoms with van der Waals surface area (Å²) >= 11 is 1.66. The van der Waals surface area contributed by atoms with E-state index in [1.54, 1.807) is 17.7 Å². The molecule has 2 aliphatic heterocycles. The summed E-state index contributed by atoms with van der Waals surface area (Å²) in [5.74, 6) is 1.65. The summed E-state index contributed by atoms with van der Waals surface area (Å²) in [5, 5.41) is 7.63. The minimum Gasteiger partial charge on any atom is -0.378 e. The number of benzene rings is 1. The van der Waals surface area contributed by atoms with Gasteiger partial charge in [-0.1, -0.05) is 0 Å². The number of thiazole rings is 1. The van der Waals surface area contributed by atoms with E-state index in [-0.39, 0.29) is 0 Å². The molecule has 3 aromatic rings. The lowest BCUT2D eigenvalue weighted by Gasteiger charge is -2.34. The summed E-state index contributed by atoms with van der Waals surface area (Å²) in [6.45, 7) is 6.45. The van der Waals surface area contributed by atoms with Crippen molar-refractivity contribution in [3.63, 3.8) is 0 Å². The van der Waals surface area contributed by atoms with E-state index in [0.717, 1.165) is 67.8 Å². The molecule has 2 aromatic heterocycles. The Balaban J connectivity index is 1.33. The lowest BCUT2D eigenvalue weighted by molar-refractivity contribution is 0.122. The number of piperidine rings is 1. The van der Waals surface area contributed by atoms with E-state index in [1.807, 2.05) is 11.6 Å². The predicted molar refractivity (Wildman–Crippen MR) is 118 cm³/mol. The molecule has 152 valence electrons. The number of fused-ring (bicyclic) bond motifs is 1. The molecule has 2 saturated heterocycles. The second kappa shape index (κ2) is 8.51. The maximum Gasteiger partial charge on any atom is 0.182 e. The first kappa shape index (κ1) is 18.6. The van der Waals surface area contributed by atoms with Gasteiger partial charge in [0.1, 0.15) is 12.1 Å². The van der Waals surface area contributed by atoms with Gasteiger partial charge in [0.15, 0.2) is 5.13 Å². The summed E-state index contributed by atoms with van der Waals surface area (Å²) < 4.78 is 5.48. The highest BCUT2D eigenvalue weighted by molar-refractivity contribution is 7.13. The third-order valence-electron chi connectivity index (χ3n) is 5.77. The molecule has 8 heteroatoms. The van der Waals surface area contributed by atoms with Crippen LogP contribution in [0.4, 0.5) is 16.6 Å². The average molecular weight is 411 g/mol. The Morgan fingerprint density at radius 2 is 2.03 bits per heavy atom. The number of hydrogen-bond acceptors (Lipinski definition) is 8. The molecule has 29 heavy (non-hydrogen) atoms. The zero-order chi connectivity index (χ0) is 19.5. The van der Waals surface area contributed by atoms with Crippen LogP contribution >= 0.6 is 11.3 Å². The lowest BCUT2D eigenvalue weighted by Crippen LogP contribution is -2.38. The number of hydrogen-bond donors (Lipinski definition) is 1. The second-order valence-corrected chi connectivity index (χ2v) is 8.57. The molecule has 0 radical (unpaired) electrons. The first-order chi connectivity index (χ1) is 14.4. The van der Waals surface area contributed by atoms with Crippen molar-refractivity contribution in [2.45, 2.75) is 12.8 Å². The molecule has 2 aliphatic rings. The Morgan fingerprint density at radius 1 is 1.10 bits per heavy atom. The van der Waals surface area contributed by atoms with Gasteiger partial charge in [0.05, 0.1) is 18.7 Å². The fraction of sp³-hybridized carbons (Fsp3) is 0.476. The van der Waals surface area contributed by atoms with E-state index in [9.17, 15) is 0 Å². The number of morpholine rings is 1. The normalized spacial score (nSPS) is 20.2. The molecule has 0 bridgehead atoms. The Bertz CT molecular complexity index is 944. The average Bonchev–Trinajstić information content (AvgIpc) is 3.31. The van der Waals surface area contributed by atoms with E-state index in [4.69, 9.17) is 4.74 Å². The van der Waals surface area contributed by atoms with Crippen molar-refractivity contribution in [3.05, 3.63) is 36.1 Å². The van der Waals surface area contributed by atoms with Gasteiger partial charge in [-0.3, -0.25) is 0 Å². The molecule has 1 aromatic carbocycles. The fourth-order valence-corrected chi connectivity index (χ4v) is 4.81. The fourth-order valence-electron chi connectivity index (χ4n) is 4.27. The summed E-state index contributed by atoms with van der Waals surface area (Å²) in [7, 11) is 0. The Morgan fingerprint density at radius 3 is 2.90 bits per heavy atom. The maximum absolute atomic E-state index is 5.48. The molecule has 7 nitrogen and oxygen atoms in total. The van der Waals surface area contributed by atoms with Crippen LogP contribution in [0.1, 0.15) is 12.8 Å². The van der Waals surface area contributed by atoms with E-state index >= 15 is 0 Å². The van der Waals surface area contributed by atoms with Gasteiger partial charge in [-0.2, -0.15) is 0 Å². The molecule has 1 N–H and O–H groups in total. The van der Waals surface area contributed by atoms with Crippen LogP contribution in [0.5, 0.6) is 0 Å². The van der Waals surface area contributed by atoms with E-state index in [1.165, 1.54) is 18.5 Å². The first-order valence-corrected chi connectivity index (χ1v) is 11.2. The molecular weight excluding hydrogens is 384 g/mol. The van der Waals surface area contributed by atoms with Crippen LogP contribution in [0.25, 0.3) is 10.9 Å². The van der Waals surface area contributed by atoms with Crippen molar-refractivity contribution in [2.75, 3.05) is 61.1 Å². The van der Waals surface area contributed by atoms with Crippen molar-refractivity contribution in [3.8, 4) is 0 Å². The van der Waals surface area contributed by atoms with Crippen molar-refractivity contribution < 1.29 is 4.74 Å². The van der Waals surface area contributed by atoms with Crippen molar-refractivity contribution >= 4 is 38.9 Å². The highest BCUT2D eigenvalue weighted by Gasteiger charge is 2.23. The van der Waals surface area contributed by atoms with Gasteiger partial charge in [0.2, 0.25) is 0 Å². The first-order valence-electron chi connectivity index (χ1n) is 10.3. The maximum atomic E-state index is 5.48. The van der Waals surface area contributed by atoms with Gasteiger partial charge in [0, 0.05) is 55.4 Å². The molecular formula is C21H26N6OS. The van der Waals surface area contributed by atoms with E-state index in [2.05, 4.69) is 48.3 Å². The molecule has 5 rings (SSSR count). The molecule has 0 spiro atoms. The molecule has 1 unspecified atom stereocenters. The molecule has 1 atom stereocenters. The van der Waals surface area contributed by atoms with E-state index in [0.29, 0.717) is 5.92 Å². The number of ether oxygens (including phenoxy) is 1. The Kier molecular flexibility index (Phi) is 5.45. The number of anilines is 3. The quantitative estimate of drug-likeness (QED) is 0.692. The Labute approximate surface area is 174 Å². The summed E-state index contributed by atoms with van der Waals surface area (Å²) in [4.78, 5) is 18.4. The topological polar surface area (TPSA) is 66.4 Å². The molecule has 0 amide bonds. The third kappa shape index (κ3) is 4.13. The van der Waals surface area contributed by atoms with Crippen LogP contribution in [0.15, 0.2) is 36.1 Å². The van der Waals surface area contributed by atoms with Gasteiger partial charge < -0.3 is 19.9 Å². The van der Waals surface area contributed by atoms with Crippen LogP contribution in [0.3, 0.4) is 0 Å². The van der Waals surface area contributed by atoms with Crippen LogP contribution in [-0.4, -0.2) is 60.9 Å². The lowest BCUT2D eigenvalue weighted by atomic mass is 9.97. The molecule has 0 aliphatic carbocycles. The minimum absolute atomic E-state index is 0.588. The number of nitrogens with zero attached hydrogens (tertiary/aromatic N) is 5. The zero-order valence-corrected chi connectivity index (χ0v) is 17.3. The largest absolute Gasteiger partial charge is 0.378 e. The van der Waals surface area contributed by atoms with Gasteiger partial charge in [-0.15, -0.1) is 11.3 Å². The smallest absolute Gasteiger partial charge is 0.182 e. The van der Waals surface area contributed by atoms with Crippen LogP contribution in [0, 0.1) is 5.92 Å². The SMILES string of the molecule is c1csc(NCC2CCCN(c3ncnc4cc(N5CCOCC5)ccc34)C2)n1. The Hall–Kier alpha value is -2.45. The summed E-state index contributed by atoms with van der Waals surface area (Å²) in [6.07, 6.45) is 5.97. The highest BCUT2D eigenvalue weighted by Crippen LogP contribution is 2.30. The minimum atomic E-state index is 0.588. The highest BCUT2D eigenvalue weighted by atomic mass is 32.1. The van der Waals surface area contributed by atoms with Gasteiger partial charge in [-0.25, -0.2) is 15.0 Å². The molecule has 0 saturated carbocycles. The van der Waals surface area contributed by atoms with Crippen LogP contribution < -0.4 is 15.1 Å². The zero-order valence-electron chi connectivity index (χ0n) is 16.5. The summed E-state index contributed by atoms with van der Waals surface area (Å²) in [6, 6.07) is 6.58. The van der Waals surface area contributed by atoms with Crippen molar-refractivity contribution in [1.82, 2.24) is 15.0 Å². The number of aromatic nitrogens is 3. The van der Waals surface area contributed by atoms with Crippen LogP contribution in [-0.2, 0) is 4.74 Å². The predicted octanol–water partition coefficient (Wildman–Crippen LogP) is 3.25. The standard InChI is InChI=1S/C21H26N6OS/c1-2-16(13-23-21-22-5-11-29-21)14-27(6-1)20-18-4-3-17(12-19(18)24-15-25-20)26-7-9-28-10-8-26/h3-5,11-12,15-16H,1-2,6-10,13-14H2,(H,22,23). The van der Waals surface area contributed by atoms with Gasteiger partial charge in [0.25, 0.3) is 0 Å². The number of nitrogens with one attached hydrogen (secondary N) is 1. The van der Waals surface area contributed by atoms with E-state index < -0.39 is 0 Å². The van der Waals surface area contributed by atoms with Crippen molar-refractivity contribution in [2.24, 2.45) is 5.92 Å². The number of rotatable bonds is 5. The molecule has 2 fully saturated rings.